The lowest BCUT2D eigenvalue weighted by Crippen LogP contribution is -2.11. The van der Waals surface area contributed by atoms with Crippen LogP contribution in [0.1, 0.15) is 0 Å². The lowest BCUT2D eigenvalue weighted by molar-refractivity contribution is 1.18. The fraction of sp³-hybridized carbons (Fsp3) is 0.111. The fourth-order valence-corrected chi connectivity index (χ4v) is 1.09. The molecule has 0 radical (unpaired) electrons. The van der Waals surface area contributed by atoms with E-state index in [2.05, 4.69) is 0 Å². The molecule has 0 aromatic heterocycles. The van der Waals surface area contributed by atoms with E-state index in [9.17, 15) is 0 Å². The van der Waals surface area contributed by atoms with Crippen molar-refractivity contribution in [3.63, 3.8) is 0 Å². The maximum Gasteiger partial charge on any atom is 0.120 e. The molecule has 0 aliphatic heterocycles. The van der Waals surface area contributed by atoms with Gasteiger partial charge in [0.1, 0.15) is 5.16 Å². The van der Waals surface area contributed by atoms with Gasteiger partial charge in [-0.15, -0.1) is 0 Å². The molecule has 1 aromatic carbocycles. The zero-order valence-corrected chi connectivity index (χ0v) is 8.18. The number of rotatable bonds is 2. The van der Waals surface area contributed by atoms with Crippen molar-refractivity contribution in [1.29, 1.82) is 0 Å². The summed E-state index contributed by atoms with van der Waals surface area (Å²) in [5.41, 5.74) is 2.36. The lowest BCUT2D eigenvalue weighted by Gasteiger charge is -2.16. The number of para-hydroxylation sites is 1. The monoisotopic (exact) mass is 201 g/mol. The Kier molecular flexibility index (Phi) is 3.45. The number of benzene rings is 1. The van der Waals surface area contributed by atoms with Gasteiger partial charge in [0.15, 0.2) is 0 Å². The summed E-state index contributed by atoms with van der Waals surface area (Å²) in [6.45, 7) is 0. The summed E-state index contributed by atoms with van der Waals surface area (Å²) in [5, 5.41) is 0.503. The normalized spacial score (nSPS) is 11.4. The Bertz CT molecular complexity index is 269. The zero-order valence-electron chi connectivity index (χ0n) is 6.67. The first-order valence-corrected chi connectivity index (χ1v) is 4.32. The molecule has 64 valence electrons. The van der Waals surface area contributed by atoms with Crippen LogP contribution in [0.5, 0.6) is 0 Å². The molecule has 12 heavy (non-hydrogen) atoms. The lowest BCUT2D eigenvalue weighted by atomic mass is 10.3. The quantitative estimate of drug-likeness (QED) is 0.664. The second kappa shape index (κ2) is 4.39. The van der Waals surface area contributed by atoms with E-state index in [0.29, 0.717) is 5.16 Å². The van der Waals surface area contributed by atoms with Gasteiger partial charge in [-0.1, -0.05) is 41.4 Å². The van der Waals surface area contributed by atoms with E-state index < -0.39 is 0 Å². The Morgan fingerprint density at radius 2 is 1.92 bits per heavy atom. The van der Waals surface area contributed by atoms with E-state index in [-0.39, 0.29) is 0 Å². The number of hydrogen-bond acceptors (Lipinski definition) is 1. The highest BCUT2D eigenvalue weighted by Crippen LogP contribution is 2.18. The van der Waals surface area contributed by atoms with Crippen molar-refractivity contribution in [2.24, 2.45) is 0 Å². The summed E-state index contributed by atoms with van der Waals surface area (Å²) in [5.74, 6) is 0. The molecule has 0 spiro atoms. The molecule has 0 amide bonds. The van der Waals surface area contributed by atoms with Gasteiger partial charge >= 0.3 is 0 Å². The predicted molar refractivity (Wildman–Crippen MR) is 54.6 cm³/mol. The first kappa shape index (κ1) is 9.43. The molecule has 0 N–H and O–H groups in total. The summed E-state index contributed by atoms with van der Waals surface area (Å²) < 4.78 is 0. The van der Waals surface area contributed by atoms with Crippen LogP contribution >= 0.6 is 23.2 Å². The Hall–Kier alpha value is -0.660. The minimum atomic E-state index is 0.503. The number of hydrogen-bond donors (Lipinski definition) is 0. The van der Waals surface area contributed by atoms with Crippen molar-refractivity contribution < 1.29 is 0 Å². The Balaban J connectivity index is 2.86. The van der Waals surface area contributed by atoms with Gasteiger partial charge in [0.05, 0.1) is 0 Å². The van der Waals surface area contributed by atoms with Crippen molar-refractivity contribution in [2.75, 3.05) is 11.9 Å². The number of halogens is 2. The van der Waals surface area contributed by atoms with E-state index in [4.69, 9.17) is 23.2 Å². The van der Waals surface area contributed by atoms with Crippen molar-refractivity contribution >= 4 is 28.9 Å². The third-order valence-corrected chi connectivity index (χ3v) is 2.23. The maximum atomic E-state index is 5.81. The van der Waals surface area contributed by atoms with Gasteiger partial charge in [-0.25, -0.2) is 0 Å². The van der Waals surface area contributed by atoms with Gasteiger partial charge in [-0.2, -0.15) is 0 Å². The second-order valence-electron chi connectivity index (χ2n) is 2.33. The van der Waals surface area contributed by atoms with Crippen molar-refractivity contribution in [3.05, 3.63) is 41.0 Å². The van der Waals surface area contributed by atoms with Crippen LogP contribution in [-0.4, -0.2) is 7.05 Å². The summed E-state index contributed by atoms with van der Waals surface area (Å²) in [6, 6.07) is 9.77. The smallest absolute Gasteiger partial charge is 0.120 e. The van der Waals surface area contributed by atoms with Crippen LogP contribution in [0.3, 0.4) is 0 Å². The van der Waals surface area contributed by atoms with E-state index >= 15 is 0 Å². The van der Waals surface area contributed by atoms with Crippen LogP contribution in [0.4, 0.5) is 5.69 Å². The van der Waals surface area contributed by atoms with Crippen molar-refractivity contribution in [3.8, 4) is 0 Å². The molecule has 1 aromatic rings. The fourth-order valence-electron chi connectivity index (χ4n) is 0.848. The van der Waals surface area contributed by atoms with Crippen LogP contribution in [-0.2, 0) is 0 Å². The molecule has 0 aliphatic carbocycles. The first-order valence-electron chi connectivity index (χ1n) is 3.50. The summed E-state index contributed by atoms with van der Waals surface area (Å²) in [6.07, 6.45) is 0. The first-order chi connectivity index (χ1) is 5.75. The molecule has 0 atom stereocenters. The molecule has 0 saturated carbocycles. The van der Waals surface area contributed by atoms with Gasteiger partial charge < -0.3 is 4.90 Å². The molecule has 0 unspecified atom stereocenters. The minimum absolute atomic E-state index is 0.503. The standard InChI is InChI=1S/C9H9Cl2N/c1-12(9(11)7-10)8-5-3-2-4-6-8/h2-7H,1H3/b9-7-. The van der Waals surface area contributed by atoms with Gasteiger partial charge in [0, 0.05) is 18.3 Å². The summed E-state index contributed by atoms with van der Waals surface area (Å²) in [7, 11) is 1.86. The molecular formula is C9H9Cl2N. The predicted octanol–water partition coefficient (Wildman–Crippen LogP) is 3.40. The SMILES string of the molecule is CN(/C(Cl)=C\Cl)c1ccccc1. The number of nitrogens with zero attached hydrogens (tertiary/aromatic N) is 1. The van der Waals surface area contributed by atoms with Crippen LogP contribution < -0.4 is 4.90 Å². The molecule has 1 rings (SSSR count). The van der Waals surface area contributed by atoms with Gasteiger partial charge in [0.25, 0.3) is 0 Å². The Morgan fingerprint density at radius 3 is 2.42 bits per heavy atom. The number of anilines is 1. The third kappa shape index (κ3) is 2.16. The minimum Gasteiger partial charge on any atom is -0.335 e. The molecule has 0 saturated heterocycles. The topological polar surface area (TPSA) is 3.24 Å². The average Bonchev–Trinajstić information content (AvgIpc) is 2.17. The van der Waals surface area contributed by atoms with Gasteiger partial charge in [-0.3, -0.25) is 0 Å². The molecule has 0 fully saturated rings. The van der Waals surface area contributed by atoms with Crippen LogP contribution in [0.25, 0.3) is 0 Å². The molecule has 0 aliphatic rings. The van der Waals surface area contributed by atoms with Crippen molar-refractivity contribution in [2.45, 2.75) is 0 Å². The van der Waals surface area contributed by atoms with Crippen LogP contribution in [0.15, 0.2) is 41.0 Å². The third-order valence-electron chi connectivity index (χ3n) is 1.55. The van der Waals surface area contributed by atoms with Crippen molar-refractivity contribution in [1.82, 2.24) is 0 Å². The van der Waals surface area contributed by atoms with Gasteiger partial charge in [0.2, 0.25) is 0 Å². The summed E-state index contributed by atoms with van der Waals surface area (Å²) in [4.78, 5) is 1.80. The Morgan fingerprint density at radius 1 is 1.33 bits per heavy atom. The highest BCUT2D eigenvalue weighted by Gasteiger charge is 2.01. The molecule has 0 heterocycles. The maximum absolute atomic E-state index is 5.81. The van der Waals surface area contributed by atoms with E-state index in [1.54, 1.807) is 4.90 Å². The highest BCUT2D eigenvalue weighted by atomic mass is 35.5. The molecule has 0 bridgehead atoms. The van der Waals surface area contributed by atoms with E-state index in [1.807, 2.05) is 37.4 Å². The highest BCUT2D eigenvalue weighted by molar-refractivity contribution is 6.37. The Labute approximate surface area is 82.2 Å². The van der Waals surface area contributed by atoms with E-state index in [0.717, 1.165) is 5.69 Å². The van der Waals surface area contributed by atoms with Crippen LogP contribution in [0, 0.1) is 0 Å². The summed E-state index contributed by atoms with van der Waals surface area (Å²) >= 11 is 11.3. The second-order valence-corrected chi connectivity index (χ2v) is 2.93. The zero-order chi connectivity index (χ0) is 8.97. The van der Waals surface area contributed by atoms with E-state index in [1.165, 1.54) is 5.54 Å². The largest absolute Gasteiger partial charge is 0.335 e. The molecular weight excluding hydrogens is 193 g/mol. The van der Waals surface area contributed by atoms with Gasteiger partial charge in [-0.05, 0) is 12.1 Å². The molecule has 1 nitrogen and oxygen atoms in total. The van der Waals surface area contributed by atoms with Crippen LogP contribution in [0.2, 0.25) is 0 Å². The molecule has 3 heteroatoms. The average molecular weight is 202 g/mol.